The van der Waals surface area contributed by atoms with Crippen LogP contribution in [-0.2, 0) is 4.79 Å². The molecule has 1 aromatic carbocycles. The third kappa shape index (κ3) is 4.15. The predicted molar refractivity (Wildman–Crippen MR) is 75.5 cm³/mol. The standard InChI is InChI=1S/C15H24N2O/c1-10(2)16-15(18)13(5)17-12(4)14-9-7-6-8-11(14)3/h6-10,12-13,17H,1-5H3,(H,16,18)/t12-,13?/m1/s1. The van der Waals surface area contributed by atoms with Gasteiger partial charge in [-0.25, -0.2) is 0 Å². The molecule has 18 heavy (non-hydrogen) atoms. The molecule has 1 unspecified atom stereocenters. The molecule has 0 saturated heterocycles. The van der Waals surface area contributed by atoms with E-state index in [4.69, 9.17) is 0 Å². The van der Waals surface area contributed by atoms with Crippen LogP contribution in [0.2, 0.25) is 0 Å². The highest BCUT2D eigenvalue weighted by Gasteiger charge is 2.17. The second-order valence-corrected chi connectivity index (χ2v) is 5.13. The van der Waals surface area contributed by atoms with Crippen LogP contribution in [0, 0.1) is 6.92 Å². The Morgan fingerprint density at radius 1 is 1.11 bits per heavy atom. The van der Waals surface area contributed by atoms with E-state index >= 15 is 0 Å². The van der Waals surface area contributed by atoms with Gasteiger partial charge in [-0.15, -0.1) is 0 Å². The van der Waals surface area contributed by atoms with Crippen LogP contribution in [0.25, 0.3) is 0 Å². The molecule has 3 heteroatoms. The molecule has 100 valence electrons. The maximum absolute atomic E-state index is 11.8. The molecule has 0 radical (unpaired) electrons. The average molecular weight is 248 g/mol. The van der Waals surface area contributed by atoms with Crippen LogP contribution in [0.5, 0.6) is 0 Å². The maximum atomic E-state index is 11.8. The van der Waals surface area contributed by atoms with Crippen molar-refractivity contribution in [1.29, 1.82) is 0 Å². The minimum atomic E-state index is -0.193. The molecule has 1 aromatic rings. The summed E-state index contributed by atoms with van der Waals surface area (Å²) in [5, 5.41) is 6.24. The van der Waals surface area contributed by atoms with Gasteiger partial charge in [0.2, 0.25) is 5.91 Å². The van der Waals surface area contributed by atoms with Gasteiger partial charge in [0.25, 0.3) is 0 Å². The molecule has 2 atom stereocenters. The highest BCUT2D eigenvalue weighted by molar-refractivity contribution is 5.81. The number of rotatable bonds is 5. The Balaban J connectivity index is 2.62. The van der Waals surface area contributed by atoms with E-state index in [1.165, 1.54) is 11.1 Å². The van der Waals surface area contributed by atoms with Crippen LogP contribution in [0.1, 0.15) is 44.9 Å². The molecule has 0 heterocycles. The zero-order valence-corrected chi connectivity index (χ0v) is 11.9. The van der Waals surface area contributed by atoms with E-state index in [9.17, 15) is 4.79 Å². The summed E-state index contributed by atoms with van der Waals surface area (Å²) < 4.78 is 0. The quantitative estimate of drug-likeness (QED) is 0.841. The summed E-state index contributed by atoms with van der Waals surface area (Å²) in [5.41, 5.74) is 2.48. The monoisotopic (exact) mass is 248 g/mol. The van der Waals surface area contributed by atoms with Crippen LogP contribution >= 0.6 is 0 Å². The van der Waals surface area contributed by atoms with E-state index < -0.39 is 0 Å². The molecule has 0 saturated carbocycles. The molecular weight excluding hydrogens is 224 g/mol. The zero-order chi connectivity index (χ0) is 13.7. The molecule has 2 N–H and O–H groups in total. The average Bonchev–Trinajstić information content (AvgIpc) is 2.28. The first-order valence-electron chi connectivity index (χ1n) is 6.53. The topological polar surface area (TPSA) is 41.1 Å². The first-order chi connectivity index (χ1) is 8.41. The van der Waals surface area contributed by atoms with E-state index in [0.29, 0.717) is 0 Å². The Morgan fingerprint density at radius 2 is 1.72 bits per heavy atom. The third-order valence-electron chi connectivity index (χ3n) is 2.98. The van der Waals surface area contributed by atoms with Crippen molar-refractivity contribution in [3.05, 3.63) is 35.4 Å². The Labute approximate surface area is 110 Å². The smallest absolute Gasteiger partial charge is 0.237 e. The molecule has 0 bridgehead atoms. The molecule has 1 rings (SSSR count). The summed E-state index contributed by atoms with van der Waals surface area (Å²) in [6, 6.07) is 8.39. The molecule has 0 aromatic heterocycles. The summed E-state index contributed by atoms with van der Waals surface area (Å²) in [6.45, 7) is 10.0. The molecule has 0 aliphatic heterocycles. The Kier molecular flexibility index (Phi) is 5.35. The van der Waals surface area contributed by atoms with Crippen LogP contribution in [-0.4, -0.2) is 18.0 Å². The lowest BCUT2D eigenvalue weighted by Gasteiger charge is -2.22. The largest absolute Gasteiger partial charge is 0.353 e. The molecule has 0 fully saturated rings. The van der Waals surface area contributed by atoms with Crippen LogP contribution in [0.4, 0.5) is 0 Å². The lowest BCUT2D eigenvalue weighted by Crippen LogP contribution is -2.45. The van der Waals surface area contributed by atoms with Crippen molar-refractivity contribution in [2.24, 2.45) is 0 Å². The van der Waals surface area contributed by atoms with Crippen LogP contribution in [0.15, 0.2) is 24.3 Å². The van der Waals surface area contributed by atoms with Crippen molar-refractivity contribution in [2.45, 2.75) is 52.7 Å². The van der Waals surface area contributed by atoms with Crippen molar-refractivity contribution in [3.8, 4) is 0 Å². The van der Waals surface area contributed by atoms with Crippen molar-refractivity contribution >= 4 is 5.91 Å². The van der Waals surface area contributed by atoms with Crippen LogP contribution < -0.4 is 10.6 Å². The minimum absolute atomic E-state index is 0.0467. The number of aryl methyl sites for hydroxylation is 1. The summed E-state index contributed by atoms with van der Waals surface area (Å²) in [4.78, 5) is 11.8. The summed E-state index contributed by atoms with van der Waals surface area (Å²) in [7, 11) is 0. The maximum Gasteiger partial charge on any atom is 0.237 e. The Hall–Kier alpha value is -1.35. The molecular formula is C15H24N2O. The van der Waals surface area contributed by atoms with E-state index in [2.05, 4.69) is 36.6 Å². The van der Waals surface area contributed by atoms with Crippen LogP contribution in [0.3, 0.4) is 0 Å². The van der Waals surface area contributed by atoms with E-state index in [-0.39, 0.29) is 24.0 Å². The lowest BCUT2D eigenvalue weighted by molar-refractivity contribution is -0.123. The van der Waals surface area contributed by atoms with Crippen molar-refractivity contribution in [3.63, 3.8) is 0 Å². The number of benzene rings is 1. The van der Waals surface area contributed by atoms with Gasteiger partial charge in [0.15, 0.2) is 0 Å². The Bertz CT molecular complexity index is 401. The van der Waals surface area contributed by atoms with Gasteiger partial charge < -0.3 is 5.32 Å². The highest BCUT2D eigenvalue weighted by Crippen LogP contribution is 2.17. The van der Waals surface area contributed by atoms with Crippen molar-refractivity contribution in [2.75, 3.05) is 0 Å². The number of amides is 1. The fourth-order valence-corrected chi connectivity index (χ4v) is 2.02. The number of carbonyl (C=O) groups excluding carboxylic acids is 1. The molecule has 0 spiro atoms. The summed E-state index contributed by atoms with van der Waals surface area (Å²) in [6.07, 6.45) is 0. The molecule has 0 aliphatic rings. The summed E-state index contributed by atoms with van der Waals surface area (Å²) >= 11 is 0. The van der Waals surface area contributed by atoms with E-state index in [1.807, 2.05) is 32.9 Å². The van der Waals surface area contributed by atoms with Gasteiger partial charge in [0.1, 0.15) is 0 Å². The first kappa shape index (κ1) is 14.7. The van der Waals surface area contributed by atoms with Gasteiger partial charge >= 0.3 is 0 Å². The fraction of sp³-hybridized carbons (Fsp3) is 0.533. The Morgan fingerprint density at radius 3 is 2.28 bits per heavy atom. The fourth-order valence-electron chi connectivity index (χ4n) is 2.02. The first-order valence-corrected chi connectivity index (χ1v) is 6.53. The van der Waals surface area contributed by atoms with Crippen molar-refractivity contribution in [1.82, 2.24) is 10.6 Å². The number of hydrogen-bond donors (Lipinski definition) is 2. The minimum Gasteiger partial charge on any atom is -0.353 e. The van der Waals surface area contributed by atoms with Gasteiger partial charge in [-0.3, -0.25) is 10.1 Å². The number of nitrogens with one attached hydrogen (secondary N) is 2. The van der Waals surface area contributed by atoms with Gasteiger partial charge in [0.05, 0.1) is 6.04 Å². The summed E-state index contributed by atoms with van der Waals surface area (Å²) in [5.74, 6) is 0.0467. The molecule has 1 amide bonds. The van der Waals surface area contributed by atoms with Gasteiger partial charge in [-0.2, -0.15) is 0 Å². The van der Waals surface area contributed by atoms with Crippen molar-refractivity contribution < 1.29 is 4.79 Å². The zero-order valence-electron chi connectivity index (χ0n) is 11.9. The second-order valence-electron chi connectivity index (χ2n) is 5.13. The van der Waals surface area contributed by atoms with Gasteiger partial charge in [-0.1, -0.05) is 24.3 Å². The number of carbonyl (C=O) groups is 1. The third-order valence-corrected chi connectivity index (χ3v) is 2.98. The van der Waals surface area contributed by atoms with E-state index in [1.54, 1.807) is 0 Å². The lowest BCUT2D eigenvalue weighted by atomic mass is 10.0. The number of hydrogen-bond acceptors (Lipinski definition) is 2. The SMILES string of the molecule is Cc1ccccc1[C@@H](C)NC(C)C(=O)NC(C)C. The highest BCUT2D eigenvalue weighted by atomic mass is 16.2. The van der Waals surface area contributed by atoms with E-state index in [0.717, 1.165) is 0 Å². The van der Waals surface area contributed by atoms with Gasteiger partial charge in [-0.05, 0) is 45.7 Å². The van der Waals surface area contributed by atoms with Gasteiger partial charge in [0, 0.05) is 12.1 Å². The normalized spacial score (nSPS) is 14.3. The second kappa shape index (κ2) is 6.55. The molecule has 0 aliphatic carbocycles. The molecule has 3 nitrogen and oxygen atoms in total. The predicted octanol–water partition coefficient (Wildman–Crippen LogP) is 2.56.